The molecule has 1 rings (SSSR count). The van der Waals surface area contributed by atoms with Gasteiger partial charge in [0, 0.05) is 7.05 Å². The molecule has 0 fully saturated rings. The van der Waals surface area contributed by atoms with Crippen molar-refractivity contribution in [2.24, 2.45) is 7.05 Å². The Morgan fingerprint density at radius 3 is 2.50 bits per heavy atom. The number of nitro groups is 1. The summed E-state index contributed by atoms with van der Waals surface area (Å²) >= 11 is 0. The zero-order chi connectivity index (χ0) is 12.5. The van der Waals surface area contributed by atoms with E-state index in [1.54, 1.807) is 6.82 Å². The highest BCUT2D eigenvalue weighted by Gasteiger charge is 2.44. The van der Waals surface area contributed by atoms with Crippen molar-refractivity contribution in [3.63, 3.8) is 0 Å². The zero-order valence-electron chi connectivity index (χ0n) is 8.58. The van der Waals surface area contributed by atoms with E-state index in [4.69, 9.17) is 0 Å². The van der Waals surface area contributed by atoms with E-state index in [9.17, 15) is 23.3 Å². The van der Waals surface area contributed by atoms with Crippen LogP contribution in [0.15, 0.2) is 0 Å². The monoisotopic (exact) mass is 234 g/mol. The van der Waals surface area contributed by atoms with Gasteiger partial charge in [-0.1, -0.05) is 6.82 Å². The molecular formula is C7H8BF3N3O2. The maximum atomic E-state index is 12.4. The number of halogens is 3. The molecule has 87 valence electrons. The van der Waals surface area contributed by atoms with E-state index in [-0.39, 0.29) is 12.0 Å². The summed E-state index contributed by atoms with van der Waals surface area (Å²) in [6.45, 7) is 1.60. The van der Waals surface area contributed by atoms with Crippen molar-refractivity contribution in [3.8, 4) is 0 Å². The average molecular weight is 234 g/mol. The van der Waals surface area contributed by atoms with Gasteiger partial charge in [-0.15, -0.1) is 0 Å². The summed E-state index contributed by atoms with van der Waals surface area (Å²) in [4.78, 5) is 12.6. The first-order valence-electron chi connectivity index (χ1n) is 4.34. The van der Waals surface area contributed by atoms with E-state index in [1.165, 1.54) is 7.28 Å². The third kappa shape index (κ3) is 2.17. The Bertz CT molecular complexity index is 416. The van der Waals surface area contributed by atoms with Gasteiger partial charge >= 0.3 is 17.8 Å². The molecule has 0 atom stereocenters. The van der Waals surface area contributed by atoms with Crippen LogP contribution in [0.3, 0.4) is 0 Å². The molecule has 1 heterocycles. The highest BCUT2D eigenvalue weighted by atomic mass is 19.4. The summed E-state index contributed by atoms with van der Waals surface area (Å²) in [6.07, 6.45) is -4.62. The Balaban J connectivity index is 3.35. The number of hydrogen-bond acceptors (Lipinski definition) is 3. The SMILES string of the molecule is C[B]Cc1c([N+](=O)[O-])nc(C(F)(F)F)n1C. The number of nitrogens with zero attached hydrogens (tertiary/aromatic N) is 3. The second-order valence-electron chi connectivity index (χ2n) is 3.13. The third-order valence-corrected chi connectivity index (χ3v) is 2.02. The number of alkyl halides is 3. The Hall–Kier alpha value is -1.54. The summed E-state index contributed by atoms with van der Waals surface area (Å²) in [5.74, 6) is -2.00. The van der Waals surface area contributed by atoms with E-state index < -0.39 is 22.7 Å². The molecule has 0 aromatic carbocycles. The minimum Gasteiger partial charge on any atom is -0.358 e. The molecule has 1 aromatic heterocycles. The van der Waals surface area contributed by atoms with E-state index in [1.807, 2.05) is 0 Å². The molecule has 5 nitrogen and oxygen atoms in total. The van der Waals surface area contributed by atoms with Crippen LogP contribution in [0.1, 0.15) is 11.5 Å². The average Bonchev–Trinajstić information content (AvgIpc) is 2.44. The summed E-state index contributed by atoms with van der Waals surface area (Å²) in [5.41, 5.74) is -0.0557. The standard InChI is InChI=1S/C7H8BF3N3O2/c1-8-3-4-5(14(15)16)12-6(13(4)2)7(9,10)11/h3H2,1-2H3. The van der Waals surface area contributed by atoms with E-state index in [0.717, 1.165) is 7.05 Å². The minimum absolute atomic E-state index is 0.0557. The molecule has 16 heavy (non-hydrogen) atoms. The van der Waals surface area contributed by atoms with Gasteiger partial charge in [-0.05, 0) is 16.2 Å². The second-order valence-corrected chi connectivity index (χ2v) is 3.13. The fourth-order valence-corrected chi connectivity index (χ4v) is 1.34. The summed E-state index contributed by atoms with van der Waals surface area (Å²) in [6, 6.07) is 0. The van der Waals surface area contributed by atoms with Crippen LogP contribution in [0.4, 0.5) is 19.0 Å². The van der Waals surface area contributed by atoms with Crippen LogP contribution in [0.5, 0.6) is 0 Å². The Morgan fingerprint density at radius 2 is 2.12 bits per heavy atom. The van der Waals surface area contributed by atoms with Crippen LogP contribution >= 0.6 is 0 Å². The lowest BCUT2D eigenvalue weighted by atomic mass is 9.76. The van der Waals surface area contributed by atoms with Gasteiger partial charge in [0.15, 0.2) is 0 Å². The summed E-state index contributed by atoms with van der Waals surface area (Å²) in [7, 11) is 2.64. The van der Waals surface area contributed by atoms with E-state index >= 15 is 0 Å². The molecule has 1 radical (unpaired) electrons. The lowest BCUT2D eigenvalue weighted by Crippen LogP contribution is -2.14. The molecule has 1 aromatic rings. The van der Waals surface area contributed by atoms with Crippen LogP contribution in [-0.2, 0) is 19.5 Å². The second kappa shape index (κ2) is 4.15. The minimum atomic E-state index is -4.69. The van der Waals surface area contributed by atoms with Gasteiger partial charge < -0.3 is 14.7 Å². The molecule has 0 aliphatic carbocycles. The Labute approximate surface area is 89.7 Å². The molecule has 0 saturated carbocycles. The molecule has 0 spiro atoms. The lowest BCUT2D eigenvalue weighted by molar-refractivity contribution is -0.390. The zero-order valence-corrected chi connectivity index (χ0v) is 8.58. The summed E-state index contributed by atoms with van der Waals surface area (Å²) < 4.78 is 38.0. The van der Waals surface area contributed by atoms with Gasteiger partial charge in [-0.3, -0.25) is 0 Å². The quantitative estimate of drug-likeness (QED) is 0.453. The molecular weight excluding hydrogens is 226 g/mol. The Kier molecular flexibility index (Phi) is 3.25. The summed E-state index contributed by atoms with van der Waals surface area (Å²) in [5, 5.41) is 10.5. The van der Waals surface area contributed by atoms with Gasteiger partial charge in [-0.25, -0.2) is 0 Å². The third-order valence-electron chi connectivity index (χ3n) is 2.02. The number of rotatable bonds is 3. The van der Waals surface area contributed by atoms with Crippen molar-refractivity contribution >= 4 is 13.1 Å². The number of hydrogen-bond donors (Lipinski definition) is 0. The van der Waals surface area contributed by atoms with Crippen LogP contribution in [-0.4, -0.2) is 21.8 Å². The normalized spacial score (nSPS) is 11.6. The van der Waals surface area contributed by atoms with Crippen molar-refractivity contribution in [1.82, 2.24) is 9.55 Å². The fourth-order valence-electron chi connectivity index (χ4n) is 1.34. The predicted molar refractivity (Wildman–Crippen MR) is 50.2 cm³/mol. The fraction of sp³-hybridized carbons (Fsp3) is 0.571. The van der Waals surface area contributed by atoms with Gasteiger partial charge in [0.1, 0.15) is 13.0 Å². The molecule has 0 bridgehead atoms. The van der Waals surface area contributed by atoms with Crippen molar-refractivity contribution in [1.29, 1.82) is 0 Å². The van der Waals surface area contributed by atoms with Crippen molar-refractivity contribution in [3.05, 3.63) is 21.6 Å². The van der Waals surface area contributed by atoms with Crippen molar-refractivity contribution < 1.29 is 18.1 Å². The van der Waals surface area contributed by atoms with Gasteiger partial charge in [-0.2, -0.15) is 13.2 Å². The van der Waals surface area contributed by atoms with Crippen LogP contribution < -0.4 is 0 Å². The topological polar surface area (TPSA) is 61.0 Å². The first-order chi connectivity index (χ1) is 7.29. The lowest BCUT2D eigenvalue weighted by Gasteiger charge is -2.03. The van der Waals surface area contributed by atoms with Gasteiger partial charge in [0.25, 0.3) is 0 Å². The molecule has 0 saturated heterocycles. The highest BCUT2D eigenvalue weighted by molar-refractivity contribution is 6.32. The number of imidazole rings is 1. The van der Waals surface area contributed by atoms with Crippen LogP contribution in [0.2, 0.25) is 6.82 Å². The first-order valence-corrected chi connectivity index (χ1v) is 4.34. The van der Waals surface area contributed by atoms with Crippen LogP contribution in [0, 0.1) is 10.1 Å². The maximum absolute atomic E-state index is 12.4. The molecule has 0 aliphatic heterocycles. The largest absolute Gasteiger partial charge is 0.475 e. The molecule has 9 heteroatoms. The smallest absolute Gasteiger partial charge is 0.358 e. The van der Waals surface area contributed by atoms with Crippen molar-refractivity contribution in [2.45, 2.75) is 19.3 Å². The molecule has 0 unspecified atom stereocenters. The predicted octanol–water partition coefficient (Wildman–Crippen LogP) is 1.60. The highest BCUT2D eigenvalue weighted by Crippen LogP contribution is 2.31. The van der Waals surface area contributed by atoms with E-state index in [0.29, 0.717) is 4.57 Å². The van der Waals surface area contributed by atoms with E-state index in [2.05, 4.69) is 4.98 Å². The molecule has 0 aliphatic rings. The Morgan fingerprint density at radius 1 is 1.56 bits per heavy atom. The number of aromatic nitrogens is 2. The van der Waals surface area contributed by atoms with Crippen molar-refractivity contribution in [2.75, 3.05) is 0 Å². The van der Waals surface area contributed by atoms with Gasteiger partial charge in [0.2, 0.25) is 0 Å². The first kappa shape index (κ1) is 12.5. The maximum Gasteiger partial charge on any atom is 0.475 e. The molecule has 0 amide bonds. The molecule has 0 N–H and O–H groups in total. The van der Waals surface area contributed by atoms with Crippen LogP contribution in [0.25, 0.3) is 0 Å². The van der Waals surface area contributed by atoms with Gasteiger partial charge in [0.05, 0.1) is 0 Å².